The lowest BCUT2D eigenvalue weighted by Crippen LogP contribution is -2.35. The predicted molar refractivity (Wildman–Crippen MR) is 77.8 cm³/mol. The monoisotopic (exact) mass is 346 g/mol. The quantitative estimate of drug-likeness (QED) is 0.322. The van der Waals surface area contributed by atoms with E-state index in [1.54, 1.807) is 0 Å². The summed E-state index contributed by atoms with van der Waals surface area (Å²) in [5.41, 5.74) is 10.3. The van der Waals surface area contributed by atoms with Crippen LogP contribution < -0.4 is 16.8 Å². The van der Waals surface area contributed by atoms with Gasteiger partial charge in [-0.15, -0.1) is 0 Å². The molecule has 0 saturated carbocycles. The Kier molecular flexibility index (Phi) is 4.29. The van der Waals surface area contributed by atoms with Crippen molar-refractivity contribution in [1.82, 2.24) is 19.5 Å². The molecule has 126 valence electrons. The van der Waals surface area contributed by atoms with Gasteiger partial charge in [0.1, 0.15) is 18.3 Å². The van der Waals surface area contributed by atoms with E-state index in [0.717, 1.165) is 0 Å². The van der Waals surface area contributed by atoms with Gasteiger partial charge in [-0.1, -0.05) is 0 Å². The van der Waals surface area contributed by atoms with Crippen LogP contribution in [0.25, 0.3) is 11.2 Å². The molecule has 0 bridgehead atoms. The lowest BCUT2D eigenvalue weighted by Gasteiger charge is -2.20. The molecule has 8 N–H and O–H groups in total. The first kappa shape index (κ1) is 16.2. The lowest BCUT2D eigenvalue weighted by atomic mass is 10.1. The number of ether oxygens (including phenoxy) is 1. The number of aliphatic hydroxyl groups excluding tert-OH is 2. The number of fused-ring (bicyclic) bond motifs is 1. The van der Waals surface area contributed by atoms with Crippen molar-refractivity contribution in [2.75, 3.05) is 12.3 Å². The Balaban J connectivity index is 2.00. The molecular weight excluding hydrogens is 331 g/mol. The Hall–Kier alpha value is -1.66. The Labute approximate surface area is 129 Å². The number of anilines is 1. The van der Waals surface area contributed by atoms with Gasteiger partial charge in [-0.2, -0.15) is 4.98 Å². The van der Waals surface area contributed by atoms with Crippen LogP contribution in [0, 0.1) is 0 Å². The summed E-state index contributed by atoms with van der Waals surface area (Å²) in [7, 11) is -2.26. The van der Waals surface area contributed by atoms with Crippen LogP contribution in [0.5, 0.6) is 0 Å². The van der Waals surface area contributed by atoms with Crippen LogP contribution in [-0.2, 0) is 9.26 Å². The molecule has 1 saturated heterocycles. The van der Waals surface area contributed by atoms with E-state index in [0.29, 0.717) is 0 Å². The van der Waals surface area contributed by atoms with Gasteiger partial charge in [0.25, 0.3) is 14.1 Å². The highest BCUT2D eigenvalue weighted by atomic mass is 31.2. The van der Waals surface area contributed by atoms with Crippen LogP contribution >= 0.6 is 8.53 Å². The highest BCUT2D eigenvalue weighted by Crippen LogP contribution is 2.37. The van der Waals surface area contributed by atoms with Gasteiger partial charge >= 0.3 is 0 Å². The Morgan fingerprint density at radius 3 is 2.96 bits per heavy atom. The minimum absolute atomic E-state index is 0.0168. The zero-order valence-corrected chi connectivity index (χ0v) is 12.5. The van der Waals surface area contributed by atoms with Crippen molar-refractivity contribution in [3.05, 3.63) is 16.7 Å². The molecule has 0 aromatic carbocycles. The number of hydrogen-bond donors (Lipinski definition) is 6. The van der Waals surface area contributed by atoms with E-state index in [2.05, 4.69) is 15.0 Å². The Bertz CT molecular complexity index is 764. The molecule has 0 amide bonds. The number of aromatic nitrogens is 4. The average molecular weight is 346 g/mol. The maximum atomic E-state index is 11.8. The SMILES string of the molecule is Nc1nc2c(ncn2[C@@H]2O[C@H](CO)[C@@H](OP(N)O)[C@H]2O)c(=O)[nH]1. The second-order valence-electron chi connectivity index (χ2n) is 4.89. The molecule has 2 aromatic rings. The highest BCUT2D eigenvalue weighted by molar-refractivity contribution is 7.43. The third kappa shape index (κ3) is 2.81. The number of rotatable bonds is 4. The number of nitrogen functional groups attached to an aromatic ring is 1. The largest absolute Gasteiger partial charge is 0.394 e. The molecule has 23 heavy (non-hydrogen) atoms. The molecule has 1 fully saturated rings. The predicted octanol–water partition coefficient (Wildman–Crippen LogP) is -2.48. The van der Waals surface area contributed by atoms with Crippen molar-refractivity contribution in [2.24, 2.45) is 5.50 Å². The molecule has 1 aliphatic heterocycles. The molecule has 12 nitrogen and oxygen atoms in total. The summed E-state index contributed by atoms with van der Waals surface area (Å²) >= 11 is 0. The van der Waals surface area contributed by atoms with Crippen molar-refractivity contribution in [3.8, 4) is 0 Å². The van der Waals surface area contributed by atoms with Crippen molar-refractivity contribution in [2.45, 2.75) is 24.5 Å². The van der Waals surface area contributed by atoms with Crippen molar-refractivity contribution in [3.63, 3.8) is 0 Å². The number of nitrogens with zero attached hydrogens (tertiary/aromatic N) is 3. The number of imidazole rings is 1. The molecule has 5 atom stereocenters. The fourth-order valence-electron chi connectivity index (χ4n) is 2.48. The third-order valence-corrected chi connectivity index (χ3v) is 3.90. The van der Waals surface area contributed by atoms with Crippen LogP contribution in [0.4, 0.5) is 5.95 Å². The van der Waals surface area contributed by atoms with Gasteiger partial charge in [-0.05, 0) is 0 Å². The van der Waals surface area contributed by atoms with Crippen molar-refractivity contribution < 1.29 is 24.4 Å². The molecule has 2 aromatic heterocycles. The van der Waals surface area contributed by atoms with E-state index in [-0.39, 0.29) is 17.1 Å². The summed E-state index contributed by atoms with van der Waals surface area (Å²) in [6.45, 7) is -0.468. The summed E-state index contributed by atoms with van der Waals surface area (Å²) in [5.74, 6) is -0.121. The minimum atomic E-state index is -2.26. The number of nitrogens with two attached hydrogens (primary N) is 2. The van der Waals surface area contributed by atoms with E-state index >= 15 is 0 Å². The standard InChI is InChI=1S/C10H15N6O6P/c11-10-14-7-4(8(19)15-10)13-2-16(7)9-5(18)6(22-23(12)20)3(1-17)21-9/h2-3,5-6,9,17-18,20H,1,12H2,(H3,11,14,15,19)/t3-,5-,6-,9-,23?/m1/s1. The molecular formula is C10H15N6O6P. The number of aromatic amines is 1. The Morgan fingerprint density at radius 1 is 1.57 bits per heavy atom. The van der Waals surface area contributed by atoms with Crippen molar-refractivity contribution >= 4 is 25.6 Å². The molecule has 0 spiro atoms. The zero-order chi connectivity index (χ0) is 16.7. The first-order chi connectivity index (χ1) is 10.9. The summed E-state index contributed by atoms with van der Waals surface area (Å²) < 4.78 is 11.8. The fourth-order valence-corrected chi connectivity index (χ4v) is 2.99. The van der Waals surface area contributed by atoms with Gasteiger partial charge in [0.15, 0.2) is 17.4 Å². The molecule has 13 heteroatoms. The van der Waals surface area contributed by atoms with E-state index in [9.17, 15) is 19.9 Å². The van der Waals surface area contributed by atoms with Gasteiger partial charge in [-0.25, -0.2) is 4.98 Å². The molecule has 3 rings (SSSR count). The van der Waals surface area contributed by atoms with Crippen LogP contribution in [0.1, 0.15) is 6.23 Å². The van der Waals surface area contributed by atoms with Crippen LogP contribution in [-0.4, -0.2) is 59.5 Å². The summed E-state index contributed by atoms with van der Waals surface area (Å²) in [6, 6.07) is 0. The number of nitrogens with one attached hydrogen (secondary N) is 1. The van der Waals surface area contributed by atoms with Crippen LogP contribution in [0.2, 0.25) is 0 Å². The van der Waals surface area contributed by atoms with Gasteiger partial charge < -0.3 is 30.1 Å². The van der Waals surface area contributed by atoms with Crippen molar-refractivity contribution in [1.29, 1.82) is 0 Å². The average Bonchev–Trinajstić information content (AvgIpc) is 3.01. The maximum Gasteiger partial charge on any atom is 0.280 e. The van der Waals surface area contributed by atoms with Gasteiger partial charge in [0.2, 0.25) is 5.95 Å². The maximum absolute atomic E-state index is 11.8. The van der Waals surface area contributed by atoms with E-state index in [1.807, 2.05) is 0 Å². The summed E-state index contributed by atoms with van der Waals surface area (Å²) in [5, 5.41) is 19.7. The number of hydrogen-bond acceptors (Lipinski definition) is 10. The smallest absolute Gasteiger partial charge is 0.280 e. The first-order valence-electron chi connectivity index (χ1n) is 6.49. The molecule has 1 unspecified atom stereocenters. The lowest BCUT2D eigenvalue weighted by molar-refractivity contribution is -0.0503. The normalized spacial score (nSPS) is 29.2. The topological polar surface area (TPSA) is 195 Å². The number of aliphatic hydroxyl groups is 2. The van der Waals surface area contributed by atoms with Gasteiger partial charge in [-0.3, -0.25) is 19.8 Å². The number of H-pyrrole nitrogens is 1. The third-order valence-electron chi connectivity index (χ3n) is 3.44. The van der Waals surface area contributed by atoms with E-state index in [4.69, 9.17) is 20.5 Å². The minimum Gasteiger partial charge on any atom is -0.394 e. The second kappa shape index (κ2) is 6.09. The fraction of sp³-hybridized carbons (Fsp3) is 0.500. The first-order valence-corrected chi connectivity index (χ1v) is 7.77. The van der Waals surface area contributed by atoms with Gasteiger partial charge in [0.05, 0.1) is 12.9 Å². The van der Waals surface area contributed by atoms with Gasteiger partial charge in [0, 0.05) is 0 Å². The zero-order valence-electron chi connectivity index (χ0n) is 11.6. The van der Waals surface area contributed by atoms with Crippen LogP contribution in [0.3, 0.4) is 0 Å². The molecule has 0 radical (unpaired) electrons. The Morgan fingerprint density at radius 2 is 2.30 bits per heavy atom. The van der Waals surface area contributed by atoms with E-state index in [1.165, 1.54) is 10.9 Å². The van der Waals surface area contributed by atoms with Crippen LogP contribution in [0.15, 0.2) is 11.1 Å². The second-order valence-corrected chi connectivity index (χ2v) is 5.70. The summed E-state index contributed by atoms with van der Waals surface area (Å²) in [4.78, 5) is 31.1. The highest BCUT2D eigenvalue weighted by Gasteiger charge is 2.46. The molecule has 3 heterocycles. The summed E-state index contributed by atoms with van der Waals surface area (Å²) in [6.07, 6.45) is -3.06. The molecule has 1 aliphatic rings. The molecule has 0 aliphatic carbocycles. The van der Waals surface area contributed by atoms with E-state index < -0.39 is 45.2 Å².